The second kappa shape index (κ2) is 10.5. The van der Waals surface area contributed by atoms with Gasteiger partial charge in [-0.25, -0.2) is 19.7 Å². The van der Waals surface area contributed by atoms with Crippen molar-refractivity contribution < 1.29 is 14.7 Å². The Morgan fingerprint density at radius 3 is 2.38 bits per heavy atom. The van der Waals surface area contributed by atoms with E-state index >= 15 is 0 Å². The predicted molar refractivity (Wildman–Crippen MR) is 155 cm³/mol. The van der Waals surface area contributed by atoms with Crippen LogP contribution in [0.3, 0.4) is 0 Å². The standard InChI is InChI=1S/C31H38N6O3/c1-19(2)27-28(35-12-11-22-9-7-8-10-23(22)17-35)32-16-24(34-27)29(38)37-14-13-36(18-31(37,5)6)25-15-20(3)26(30(39)40)21(4)33-25/h7-10,15-16,19H,11-14,17-18H2,1-6H3,(H,39,40). The second-order valence-corrected chi connectivity index (χ2v) is 11.8. The van der Waals surface area contributed by atoms with Gasteiger partial charge >= 0.3 is 5.97 Å². The maximum Gasteiger partial charge on any atom is 0.337 e. The van der Waals surface area contributed by atoms with E-state index in [0.717, 1.165) is 36.8 Å². The van der Waals surface area contributed by atoms with Gasteiger partial charge in [-0.15, -0.1) is 0 Å². The van der Waals surface area contributed by atoms with E-state index in [9.17, 15) is 14.7 Å². The number of hydrogen-bond acceptors (Lipinski definition) is 7. The van der Waals surface area contributed by atoms with Crippen LogP contribution in [0.5, 0.6) is 0 Å². The number of piperazine rings is 1. The van der Waals surface area contributed by atoms with Crippen molar-refractivity contribution in [3.8, 4) is 0 Å². The molecule has 0 aliphatic carbocycles. The molecule has 210 valence electrons. The molecule has 0 unspecified atom stereocenters. The normalized spacial score (nSPS) is 16.7. The van der Waals surface area contributed by atoms with Gasteiger partial charge in [-0.05, 0) is 62.8 Å². The number of carboxylic acid groups (broad SMARTS) is 1. The van der Waals surface area contributed by atoms with Gasteiger partial charge in [0.15, 0.2) is 5.82 Å². The largest absolute Gasteiger partial charge is 0.478 e. The number of anilines is 2. The number of aromatic carboxylic acids is 1. The van der Waals surface area contributed by atoms with Crippen molar-refractivity contribution in [2.24, 2.45) is 0 Å². The first kappa shape index (κ1) is 27.6. The molecule has 1 N–H and O–H groups in total. The van der Waals surface area contributed by atoms with E-state index < -0.39 is 11.5 Å². The Morgan fingerprint density at radius 1 is 1.00 bits per heavy atom. The van der Waals surface area contributed by atoms with Gasteiger partial charge < -0.3 is 19.8 Å². The van der Waals surface area contributed by atoms with Gasteiger partial charge in [-0.1, -0.05) is 38.1 Å². The molecule has 0 radical (unpaired) electrons. The lowest BCUT2D eigenvalue weighted by Gasteiger charge is -2.47. The van der Waals surface area contributed by atoms with E-state index in [2.05, 4.69) is 52.9 Å². The third-order valence-corrected chi connectivity index (χ3v) is 8.04. The average Bonchev–Trinajstić information content (AvgIpc) is 2.91. The summed E-state index contributed by atoms with van der Waals surface area (Å²) in [6.45, 7) is 15.1. The molecule has 5 rings (SSSR count). The zero-order valence-electron chi connectivity index (χ0n) is 24.2. The molecule has 9 nitrogen and oxygen atoms in total. The number of carboxylic acids is 1. The highest BCUT2D eigenvalue weighted by molar-refractivity contribution is 5.93. The summed E-state index contributed by atoms with van der Waals surface area (Å²) in [5, 5.41) is 9.51. The summed E-state index contributed by atoms with van der Waals surface area (Å²) in [6.07, 6.45) is 2.59. The summed E-state index contributed by atoms with van der Waals surface area (Å²) >= 11 is 0. The lowest BCUT2D eigenvalue weighted by molar-refractivity contribution is 0.0506. The van der Waals surface area contributed by atoms with E-state index in [4.69, 9.17) is 9.97 Å². The molecule has 2 aliphatic rings. The predicted octanol–water partition coefficient (Wildman–Crippen LogP) is 4.61. The molecule has 9 heteroatoms. The number of benzene rings is 1. The Hall–Kier alpha value is -4.01. The third kappa shape index (κ3) is 5.12. The number of rotatable bonds is 5. The van der Waals surface area contributed by atoms with E-state index in [1.807, 2.05) is 24.8 Å². The summed E-state index contributed by atoms with van der Waals surface area (Å²) in [5.74, 6) is 0.601. The van der Waals surface area contributed by atoms with E-state index in [1.165, 1.54) is 11.1 Å². The molecule has 1 saturated heterocycles. The van der Waals surface area contributed by atoms with Crippen molar-refractivity contribution in [3.63, 3.8) is 0 Å². The SMILES string of the molecule is Cc1cc(N2CCN(C(=O)c3cnc(N4CCc5ccccc5C4)c(C(C)C)n3)C(C)(C)C2)nc(C)c1C(=O)O. The van der Waals surface area contributed by atoms with E-state index in [-0.39, 0.29) is 17.4 Å². The number of amides is 1. The number of hydrogen-bond donors (Lipinski definition) is 1. The number of nitrogens with zero attached hydrogens (tertiary/aromatic N) is 6. The lowest BCUT2D eigenvalue weighted by atomic mass is 9.97. The molecule has 1 fully saturated rings. The van der Waals surface area contributed by atoms with Crippen molar-refractivity contribution >= 4 is 23.5 Å². The molecular formula is C31H38N6O3. The maximum atomic E-state index is 13.8. The first-order valence-corrected chi connectivity index (χ1v) is 13.9. The number of fused-ring (bicyclic) bond motifs is 1. The summed E-state index contributed by atoms with van der Waals surface area (Å²) in [4.78, 5) is 46.0. The van der Waals surface area contributed by atoms with Gasteiger partial charge in [0.1, 0.15) is 11.5 Å². The highest BCUT2D eigenvalue weighted by atomic mass is 16.4. The van der Waals surface area contributed by atoms with Crippen LogP contribution in [-0.4, -0.2) is 68.6 Å². The number of carbonyl (C=O) groups excluding carboxylic acids is 1. The van der Waals surface area contributed by atoms with Crippen molar-refractivity contribution in [2.45, 2.75) is 66.0 Å². The fourth-order valence-electron chi connectivity index (χ4n) is 5.97. The molecule has 0 atom stereocenters. The van der Waals surface area contributed by atoms with Gasteiger partial charge in [0.05, 0.1) is 28.7 Å². The fraction of sp³-hybridized carbons (Fsp3) is 0.452. The number of pyridine rings is 1. The van der Waals surface area contributed by atoms with Crippen molar-refractivity contribution in [1.29, 1.82) is 0 Å². The summed E-state index contributed by atoms with van der Waals surface area (Å²) in [6, 6.07) is 10.3. The van der Waals surface area contributed by atoms with Gasteiger partial charge in [-0.3, -0.25) is 4.79 Å². The van der Waals surface area contributed by atoms with E-state index in [1.54, 1.807) is 20.0 Å². The van der Waals surface area contributed by atoms with Gasteiger partial charge in [0.25, 0.3) is 5.91 Å². The Bertz CT molecular complexity index is 1440. The quantitative estimate of drug-likeness (QED) is 0.499. The lowest BCUT2D eigenvalue weighted by Crippen LogP contribution is -2.61. The van der Waals surface area contributed by atoms with Gasteiger partial charge in [-0.2, -0.15) is 0 Å². The summed E-state index contributed by atoms with van der Waals surface area (Å²) in [5.41, 5.74) is 4.81. The number of aryl methyl sites for hydroxylation is 2. The molecule has 40 heavy (non-hydrogen) atoms. The molecule has 1 aromatic carbocycles. The van der Waals surface area contributed by atoms with Crippen LogP contribution in [0.25, 0.3) is 0 Å². The zero-order chi connectivity index (χ0) is 28.8. The molecular weight excluding hydrogens is 504 g/mol. The van der Waals surface area contributed by atoms with Crippen LogP contribution in [0, 0.1) is 13.8 Å². The van der Waals surface area contributed by atoms with E-state index in [0.29, 0.717) is 36.6 Å². The Labute approximate surface area is 235 Å². The molecule has 2 aliphatic heterocycles. The van der Waals surface area contributed by atoms with Crippen LogP contribution in [-0.2, 0) is 13.0 Å². The first-order chi connectivity index (χ1) is 19.0. The Morgan fingerprint density at radius 2 is 1.73 bits per heavy atom. The fourth-order valence-corrected chi connectivity index (χ4v) is 5.97. The average molecular weight is 543 g/mol. The minimum absolute atomic E-state index is 0.114. The maximum absolute atomic E-state index is 13.8. The van der Waals surface area contributed by atoms with Crippen LogP contribution >= 0.6 is 0 Å². The second-order valence-electron chi connectivity index (χ2n) is 11.8. The zero-order valence-corrected chi connectivity index (χ0v) is 24.2. The molecule has 0 spiro atoms. The van der Waals surface area contributed by atoms with Crippen LogP contribution in [0.2, 0.25) is 0 Å². The minimum Gasteiger partial charge on any atom is -0.478 e. The summed E-state index contributed by atoms with van der Waals surface area (Å²) in [7, 11) is 0. The molecule has 1 amide bonds. The third-order valence-electron chi connectivity index (χ3n) is 8.04. The monoisotopic (exact) mass is 542 g/mol. The van der Waals surface area contributed by atoms with Crippen LogP contribution < -0.4 is 9.80 Å². The van der Waals surface area contributed by atoms with Crippen LogP contribution in [0.15, 0.2) is 36.5 Å². The van der Waals surface area contributed by atoms with Crippen molar-refractivity contribution in [1.82, 2.24) is 19.9 Å². The van der Waals surface area contributed by atoms with Crippen LogP contribution in [0.4, 0.5) is 11.6 Å². The first-order valence-electron chi connectivity index (χ1n) is 13.9. The highest BCUT2D eigenvalue weighted by Crippen LogP contribution is 2.31. The molecule has 3 aromatic rings. The molecule has 4 heterocycles. The molecule has 0 saturated carbocycles. The molecule has 2 aromatic heterocycles. The number of carbonyl (C=O) groups is 2. The van der Waals surface area contributed by atoms with Crippen molar-refractivity contribution in [2.75, 3.05) is 36.0 Å². The van der Waals surface area contributed by atoms with Gasteiger partial charge in [0.2, 0.25) is 0 Å². The van der Waals surface area contributed by atoms with Crippen molar-refractivity contribution in [3.05, 3.63) is 75.9 Å². The number of aromatic nitrogens is 3. The topological polar surface area (TPSA) is 103 Å². The van der Waals surface area contributed by atoms with Crippen LogP contribution in [0.1, 0.15) is 82.5 Å². The summed E-state index contributed by atoms with van der Waals surface area (Å²) < 4.78 is 0. The Kier molecular flexibility index (Phi) is 7.25. The minimum atomic E-state index is -0.970. The van der Waals surface area contributed by atoms with Gasteiger partial charge in [0, 0.05) is 32.7 Å². The Balaban J connectivity index is 1.36. The molecule has 0 bridgehead atoms. The highest BCUT2D eigenvalue weighted by Gasteiger charge is 2.39. The smallest absolute Gasteiger partial charge is 0.337 e.